The van der Waals surface area contributed by atoms with Gasteiger partial charge in [0.1, 0.15) is 18.5 Å². The largest absolute Gasteiger partial charge is 0.491 e. The van der Waals surface area contributed by atoms with E-state index >= 15 is 0 Å². The lowest BCUT2D eigenvalue weighted by Gasteiger charge is -2.21. The summed E-state index contributed by atoms with van der Waals surface area (Å²) < 4.78 is 5.44. The summed E-state index contributed by atoms with van der Waals surface area (Å²) in [6.07, 6.45) is -0.644. The van der Waals surface area contributed by atoms with Crippen LogP contribution in [0.25, 0.3) is 0 Å². The van der Waals surface area contributed by atoms with E-state index in [0.29, 0.717) is 17.9 Å². The Balaban J connectivity index is 2.32. The maximum atomic E-state index is 9.83. The zero-order valence-electron chi connectivity index (χ0n) is 11.9. The molecule has 5 nitrogen and oxygen atoms in total. The van der Waals surface area contributed by atoms with E-state index in [9.17, 15) is 5.11 Å². The van der Waals surface area contributed by atoms with Crippen LogP contribution in [0.3, 0.4) is 0 Å². The van der Waals surface area contributed by atoms with E-state index in [4.69, 9.17) is 15.1 Å². The number of aliphatic hydroxyl groups is 2. The van der Waals surface area contributed by atoms with Gasteiger partial charge in [-0.3, -0.25) is 0 Å². The highest BCUT2D eigenvalue weighted by Crippen LogP contribution is 2.12. The normalized spacial score (nSPS) is 15.2. The standard InChI is InChI=1S/C15H22N2O3/c1-11(9-18)12(2)17-8-14(19)10-20-15-5-3-4-13(6-15)7-16/h3-6,11-12,14,17-19H,8-10H2,1-2H3. The zero-order valence-corrected chi connectivity index (χ0v) is 11.9. The molecule has 0 radical (unpaired) electrons. The lowest BCUT2D eigenvalue weighted by atomic mass is 10.1. The van der Waals surface area contributed by atoms with Crippen LogP contribution in [-0.2, 0) is 0 Å². The fraction of sp³-hybridized carbons (Fsp3) is 0.533. The second kappa shape index (κ2) is 8.54. The molecule has 0 fully saturated rings. The highest BCUT2D eigenvalue weighted by atomic mass is 16.5. The minimum absolute atomic E-state index is 0.113. The molecule has 3 unspecified atom stereocenters. The lowest BCUT2D eigenvalue weighted by Crippen LogP contribution is -2.40. The second-order valence-electron chi connectivity index (χ2n) is 4.96. The topological polar surface area (TPSA) is 85.5 Å². The first kappa shape index (κ1) is 16.4. The van der Waals surface area contributed by atoms with Crippen LogP contribution in [0, 0.1) is 17.2 Å². The number of nitrogens with zero attached hydrogens (tertiary/aromatic N) is 1. The highest BCUT2D eigenvalue weighted by Gasteiger charge is 2.13. The Morgan fingerprint density at radius 3 is 2.80 bits per heavy atom. The number of hydrogen-bond acceptors (Lipinski definition) is 5. The third-order valence-corrected chi connectivity index (χ3v) is 3.22. The first-order chi connectivity index (χ1) is 9.56. The SMILES string of the molecule is CC(CO)C(C)NCC(O)COc1cccc(C#N)c1. The van der Waals surface area contributed by atoms with E-state index in [1.165, 1.54) is 0 Å². The van der Waals surface area contributed by atoms with Gasteiger partial charge in [-0.25, -0.2) is 0 Å². The Bertz CT molecular complexity index is 445. The summed E-state index contributed by atoms with van der Waals surface area (Å²) in [7, 11) is 0. The maximum Gasteiger partial charge on any atom is 0.120 e. The van der Waals surface area contributed by atoms with Crippen LogP contribution in [-0.4, -0.2) is 42.1 Å². The summed E-state index contributed by atoms with van der Waals surface area (Å²) in [6.45, 7) is 4.56. The molecule has 0 bridgehead atoms. The molecule has 1 aromatic carbocycles. The zero-order chi connectivity index (χ0) is 15.0. The van der Waals surface area contributed by atoms with E-state index in [1.54, 1.807) is 24.3 Å². The van der Waals surface area contributed by atoms with Gasteiger partial charge in [0.2, 0.25) is 0 Å². The minimum Gasteiger partial charge on any atom is -0.491 e. The van der Waals surface area contributed by atoms with Gasteiger partial charge in [0.15, 0.2) is 0 Å². The molecule has 0 aromatic heterocycles. The molecule has 0 aliphatic rings. The van der Waals surface area contributed by atoms with Gasteiger partial charge < -0.3 is 20.3 Å². The number of benzene rings is 1. The van der Waals surface area contributed by atoms with Crippen molar-refractivity contribution < 1.29 is 14.9 Å². The predicted octanol–water partition coefficient (Wildman–Crippen LogP) is 0.904. The predicted molar refractivity (Wildman–Crippen MR) is 76.4 cm³/mol. The molecule has 0 aliphatic heterocycles. The molecule has 1 rings (SSSR count). The van der Waals surface area contributed by atoms with Crippen molar-refractivity contribution in [3.8, 4) is 11.8 Å². The van der Waals surface area contributed by atoms with Crippen LogP contribution in [0.2, 0.25) is 0 Å². The molecule has 110 valence electrons. The Hall–Kier alpha value is -1.61. The molecule has 0 saturated heterocycles. The van der Waals surface area contributed by atoms with Crippen molar-refractivity contribution in [2.24, 2.45) is 5.92 Å². The Labute approximate surface area is 119 Å². The van der Waals surface area contributed by atoms with Crippen molar-refractivity contribution in [1.29, 1.82) is 5.26 Å². The van der Waals surface area contributed by atoms with E-state index in [1.807, 2.05) is 19.9 Å². The summed E-state index contributed by atoms with van der Waals surface area (Å²) in [6, 6.07) is 8.98. The van der Waals surface area contributed by atoms with Crippen LogP contribution >= 0.6 is 0 Å². The summed E-state index contributed by atoms with van der Waals surface area (Å²) in [5.74, 6) is 0.704. The number of rotatable bonds is 8. The van der Waals surface area contributed by atoms with Crippen LogP contribution in [0.4, 0.5) is 0 Å². The van der Waals surface area contributed by atoms with Gasteiger partial charge in [0.25, 0.3) is 0 Å². The van der Waals surface area contributed by atoms with Crippen molar-refractivity contribution in [3.05, 3.63) is 29.8 Å². The molecule has 0 saturated carbocycles. The first-order valence-corrected chi connectivity index (χ1v) is 6.72. The van der Waals surface area contributed by atoms with Crippen molar-refractivity contribution in [2.75, 3.05) is 19.8 Å². The van der Waals surface area contributed by atoms with Gasteiger partial charge in [0.05, 0.1) is 11.6 Å². The van der Waals surface area contributed by atoms with Crippen molar-refractivity contribution in [2.45, 2.75) is 26.0 Å². The summed E-state index contributed by atoms with van der Waals surface area (Å²) in [5, 5.41) is 30.8. The fourth-order valence-corrected chi connectivity index (χ4v) is 1.59. The fourth-order valence-electron chi connectivity index (χ4n) is 1.59. The summed E-state index contributed by atoms with van der Waals surface area (Å²) in [4.78, 5) is 0. The smallest absolute Gasteiger partial charge is 0.120 e. The Morgan fingerprint density at radius 2 is 2.15 bits per heavy atom. The quantitative estimate of drug-likeness (QED) is 0.658. The number of nitrogens with one attached hydrogen (secondary N) is 1. The lowest BCUT2D eigenvalue weighted by molar-refractivity contribution is 0.0992. The monoisotopic (exact) mass is 278 g/mol. The van der Waals surface area contributed by atoms with Gasteiger partial charge in [-0.1, -0.05) is 13.0 Å². The molecule has 3 N–H and O–H groups in total. The average molecular weight is 278 g/mol. The minimum atomic E-state index is -0.644. The van der Waals surface area contributed by atoms with Crippen LogP contribution in [0.1, 0.15) is 19.4 Å². The Kier molecular flexibility index (Phi) is 7.02. The Morgan fingerprint density at radius 1 is 1.40 bits per heavy atom. The molecular weight excluding hydrogens is 256 g/mol. The van der Waals surface area contributed by atoms with Gasteiger partial charge in [0, 0.05) is 19.2 Å². The van der Waals surface area contributed by atoms with E-state index in [-0.39, 0.29) is 25.2 Å². The van der Waals surface area contributed by atoms with E-state index < -0.39 is 6.10 Å². The van der Waals surface area contributed by atoms with Gasteiger partial charge in [-0.05, 0) is 31.0 Å². The number of ether oxygens (including phenoxy) is 1. The first-order valence-electron chi connectivity index (χ1n) is 6.72. The molecule has 0 amide bonds. The number of hydrogen-bond donors (Lipinski definition) is 3. The van der Waals surface area contributed by atoms with Gasteiger partial charge in [-0.15, -0.1) is 0 Å². The summed E-state index contributed by atoms with van der Waals surface area (Å²) >= 11 is 0. The molecule has 0 heterocycles. The third kappa shape index (κ3) is 5.57. The molecule has 0 spiro atoms. The van der Waals surface area contributed by atoms with Gasteiger partial charge in [-0.2, -0.15) is 5.26 Å². The van der Waals surface area contributed by atoms with Gasteiger partial charge >= 0.3 is 0 Å². The second-order valence-corrected chi connectivity index (χ2v) is 4.96. The molecule has 20 heavy (non-hydrogen) atoms. The van der Waals surface area contributed by atoms with Crippen LogP contribution < -0.4 is 10.1 Å². The molecule has 1 aromatic rings. The van der Waals surface area contributed by atoms with Crippen LogP contribution in [0.15, 0.2) is 24.3 Å². The highest BCUT2D eigenvalue weighted by molar-refractivity contribution is 5.36. The third-order valence-electron chi connectivity index (χ3n) is 3.22. The molecule has 0 aliphatic carbocycles. The van der Waals surface area contributed by atoms with Crippen molar-refractivity contribution in [3.63, 3.8) is 0 Å². The van der Waals surface area contributed by atoms with Crippen LogP contribution in [0.5, 0.6) is 5.75 Å². The van der Waals surface area contributed by atoms with E-state index in [0.717, 1.165) is 0 Å². The van der Waals surface area contributed by atoms with E-state index in [2.05, 4.69) is 5.32 Å². The molecule has 3 atom stereocenters. The average Bonchev–Trinajstić information content (AvgIpc) is 2.49. The van der Waals surface area contributed by atoms with Crippen molar-refractivity contribution >= 4 is 0 Å². The molecular formula is C15H22N2O3. The maximum absolute atomic E-state index is 9.83. The number of aliphatic hydroxyl groups excluding tert-OH is 2. The summed E-state index contributed by atoms with van der Waals surface area (Å²) in [5.41, 5.74) is 0.528. The van der Waals surface area contributed by atoms with Crippen molar-refractivity contribution in [1.82, 2.24) is 5.32 Å². The molecule has 5 heteroatoms. The number of nitriles is 1.